The first-order valence-corrected chi connectivity index (χ1v) is 8.92. The van der Waals surface area contributed by atoms with E-state index < -0.39 is 6.43 Å². The molecular weight excluding hydrogens is 354 g/mol. The Balaban J connectivity index is 1.42. The number of aromatic nitrogens is 3. The second-order valence-electron chi connectivity index (χ2n) is 6.64. The molecule has 3 aromatic rings. The molecule has 0 spiro atoms. The lowest BCUT2D eigenvalue weighted by atomic mass is 10.1. The number of carbonyl (C=O) groups is 1. The van der Waals surface area contributed by atoms with Crippen molar-refractivity contribution in [3.05, 3.63) is 48.4 Å². The van der Waals surface area contributed by atoms with Crippen molar-refractivity contribution in [2.24, 2.45) is 0 Å². The molecule has 1 saturated heterocycles. The molecule has 0 radical (unpaired) electrons. The molecule has 8 heteroatoms. The lowest BCUT2D eigenvalue weighted by Gasteiger charge is -2.32. The van der Waals surface area contributed by atoms with Gasteiger partial charge in [0.1, 0.15) is 11.9 Å². The molecule has 142 valence electrons. The highest BCUT2D eigenvalue weighted by Crippen LogP contribution is 2.29. The monoisotopic (exact) mass is 374 g/mol. The van der Waals surface area contributed by atoms with E-state index in [1.54, 1.807) is 21.9 Å². The molecule has 0 atom stereocenters. The minimum absolute atomic E-state index is 0.0116. The van der Waals surface area contributed by atoms with Gasteiger partial charge in [-0.2, -0.15) is 5.10 Å². The van der Waals surface area contributed by atoms with E-state index >= 15 is 0 Å². The summed E-state index contributed by atoms with van der Waals surface area (Å²) in [6, 6.07) is 7.30. The van der Waals surface area contributed by atoms with Gasteiger partial charge in [0.05, 0.1) is 23.8 Å². The molecule has 0 bridgehead atoms. The number of nitrogens with zero attached hydrogens (tertiary/aromatic N) is 3. The Labute approximate surface area is 154 Å². The fraction of sp³-hybridized carbons (Fsp3) is 0.368. The average molecular weight is 374 g/mol. The van der Waals surface area contributed by atoms with Crippen molar-refractivity contribution in [2.45, 2.75) is 31.9 Å². The second-order valence-corrected chi connectivity index (χ2v) is 6.64. The number of H-pyrrole nitrogens is 1. The molecule has 1 aliphatic heterocycles. The number of carbonyl (C=O) groups excluding carboxylic acids is 1. The number of hydrogen-bond donors (Lipinski definition) is 1. The number of ether oxygens (including phenoxy) is 1. The summed E-state index contributed by atoms with van der Waals surface area (Å²) in [6.07, 6.45) is 3.81. The maximum atomic E-state index is 12.7. The summed E-state index contributed by atoms with van der Waals surface area (Å²) in [7, 11) is 0. The lowest BCUT2D eigenvalue weighted by molar-refractivity contribution is 0.0598. The lowest BCUT2D eigenvalue weighted by Crippen LogP contribution is -2.41. The number of likely N-dealkylation sites (tertiary alicyclic amines) is 1. The maximum Gasteiger partial charge on any atom is 0.257 e. The van der Waals surface area contributed by atoms with Crippen molar-refractivity contribution in [3.63, 3.8) is 0 Å². The Bertz CT molecular complexity index is 915. The summed E-state index contributed by atoms with van der Waals surface area (Å²) in [5.41, 5.74) is 1.29. The highest BCUT2D eigenvalue weighted by Gasteiger charge is 2.25. The third-order valence-electron chi connectivity index (χ3n) is 4.88. The predicted octanol–water partition coefficient (Wildman–Crippen LogP) is 3.31. The number of piperidine rings is 1. The first-order chi connectivity index (χ1) is 13.1. The number of hydrogen-bond acceptors (Lipinski definition) is 3. The van der Waals surface area contributed by atoms with Crippen LogP contribution in [0.1, 0.15) is 23.2 Å². The minimum Gasteiger partial charge on any atom is -0.490 e. The van der Waals surface area contributed by atoms with Crippen molar-refractivity contribution in [2.75, 3.05) is 13.1 Å². The molecule has 4 rings (SSSR count). The molecule has 3 heterocycles. The number of halogens is 2. The van der Waals surface area contributed by atoms with Crippen molar-refractivity contribution >= 4 is 16.8 Å². The second kappa shape index (κ2) is 7.38. The van der Waals surface area contributed by atoms with Gasteiger partial charge in [0.15, 0.2) is 0 Å². The zero-order valence-corrected chi connectivity index (χ0v) is 14.6. The van der Waals surface area contributed by atoms with Crippen LogP contribution in [0, 0.1) is 0 Å². The maximum absolute atomic E-state index is 12.7. The van der Waals surface area contributed by atoms with E-state index in [-0.39, 0.29) is 18.6 Å². The van der Waals surface area contributed by atoms with Gasteiger partial charge in [0, 0.05) is 43.7 Å². The molecular formula is C19H20F2N4O2. The normalized spacial score (nSPS) is 15.6. The molecule has 1 aliphatic rings. The molecule has 6 nitrogen and oxygen atoms in total. The Hall–Kier alpha value is -2.90. The molecule has 2 aromatic heterocycles. The molecule has 27 heavy (non-hydrogen) atoms. The van der Waals surface area contributed by atoms with Crippen LogP contribution in [0.5, 0.6) is 5.75 Å². The summed E-state index contributed by atoms with van der Waals surface area (Å²) in [6.45, 7) is 0.884. The Morgan fingerprint density at radius 1 is 1.30 bits per heavy atom. The third kappa shape index (κ3) is 3.65. The van der Waals surface area contributed by atoms with Crippen LogP contribution in [-0.2, 0) is 6.54 Å². The molecule has 1 aromatic carbocycles. The SMILES string of the molecule is O=C(c1cn[nH]c1)N1CCC(Oc2cccc3c2ccn3CC(F)F)CC1. The minimum atomic E-state index is -2.40. The average Bonchev–Trinajstić information content (AvgIpc) is 3.33. The quantitative estimate of drug-likeness (QED) is 0.745. The molecule has 0 aliphatic carbocycles. The number of rotatable bonds is 5. The van der Waals surface area contributed by atoms with Crippen molar-refractivity contribution in [1.29, 1.82) is 0 Å². The number of amides is 1. The van der Waals surface area contributed by atoms with Crippen LogP contribution in [0.4, 0.5) is 8.78 Å². The number of benzene rings is 1. The van der Waals surface area contributed by atoms with E-state index in [9.17, 15) is 13.6 Å². The molecule has 1 fully saturated rings. The van der Waals surface area contributed by atoms with Crippen LogP contribution >= 0.6 is 0 Å². The number of fused-ring (bicyclic) bond motifs is 1. The highest BCUT2D eigenvalue weighted by molar-refractivity contribution is 5.93. The largest absolute Gasteiger partial charge is 0.490 e. The summed E-state index contributed by atoms with van der Waals surface area (Å²) in [5, 5.41) is 7.29. The van der Waals surface area contributed by atoms with Gasteiger partial charge in [-0.25, -0.2) is 8.78 Å². The number of aromatic amines is 1. The van der Waals surface area contributed by atoms with Crippen LogP contribution in [0.15, 0.2) is 42.9 Å². The molecule has 1 amide bonds. The van der Waals surface area contributed by atoms with Gasteiger partial charge < -0.3 is 14.2 Å². The van der Waals surface area contributed by atoms with Crippen molar-refractivity contribution in [3.8, 4) is 5.75 Å². The van der Waals surface area contributed by atoms with Gasteiger partial charge in [-0.3, -0.25) is 9.89 Å². The number of nitrogens with one attached hydrogen (secondary N) is 1. The van der Waals surface area contributed by atoms with Gasteiger partial charge >= 0.3 is 0 Å². The standard InChI is InChI=1S/C19H20F2N4O2/c20-18(21)12-25-9-6-15-16(25)2-1-3-17(15)27-14-4-7-24(8-5-14)19(26)13-10-22-23-11-13/h1-3,6,9-11,14,18H,4-5,7-8,12H2,(H,22,23). The van der Waals surface area contributed by atoms with Gasteiger partial charge in [0.25, 0.3) is 12.3 Å². The van der Waals surface area contributed by atoms with Crippen LogP contribution in [0.2, 0.25) is 0 Å². The summed E-state index contributed by atoms with van der Waals surface area (Å²) >= 11 is 0. The molecule has 1 N–H and O–H groups in total. The zero-order chi connectivity index (χ0) is 18.8. The topological polar surface area (TPSA) is 63.1 Å². The van der Waals surface area contributed by atoms with Crippen LogP contribution in [0.25, 0.3) is 10.9 Å². The Kier molecular flexibility index (Phi) is 4.79. The Morgan fingerprint density at radius 3 is 2.81 bits per heavy atom. The van der Waals surface area contributed by atoms with E-state index in [0.29, 0.717) is 24.4 Å². The van der Waals surface area contributed by atoms with Crippen LogP contribution in [0.3, 0.4) is 0 Å². The molecule has 0 unspecified atom stereocenters. The number of alkyl halides is 2. The van der Waals surface area contributed by atoms with Crippen LogP contribution < -0.4 is 4.74 Å². The van der Waals surface area contributed by atoms with Crippen molar-refractivity contribution < 1.29 is 18.3 Å². The van der Waals surface area contributed by atoms with E-state index in [1.807, 2.05) is 24.3 Å². The highest BCUT2D eigenvalue weighted by atomic mass is 19.3. The summed E-state index contributed by atoms with van der Waals surface area (Å²) in [5.74, 6) is 0.661. The first-order valence-electron chi connectivity index (χ1n) is 8.92. The van der Waals surface area contributed by atoms with Gasteiger partial charge in [-0.05, 0) is 18.2 Å². The smallest absolute Gasteiger partial charge is 0.257 e. The van der Waals surface area contributed by atoms with Gasteiger partial charge in [0.2, 0.25) is 0 Å². The third-order valence-corrected chi connectivity index (χ3v) is 4.88. The predicted molar refractivity (Wildman–Crippen MR) is 96.1 cm³/mol. The van der Waals surface area contributed by atoms with Crippen LogP contribution in [-0.4, -0.2) is 51.2 Å². The van der Waals surface area contributed by atoms with Gasteiger partial charge in [-0.1, -0.05) is 6.07 Å². The van der Waals surface area contributed by atoms with E-state index in [2.05, 4.69) is 10.2 Å². The van der Waals surface area contributed by atoms with E-state index in [1.165, 1.54) is 6.20 Å². The Morgan fingerprint density at radius 2 is 2.11 bits per heavy atom. The van der Waals surface area contributed by atoms with E-state index in [4.69, 9.17) is 4.74 Å². The summed E-state index contributed by atoms with van der Waals surface area (Å²) in [4.78, 5) is 14.1. The first kappa shape index (κ1) is 17.5. The fourth-order valence-corrected chi connectivity index (χ4v) is 3.51. The molecule has 0 saturated carbocycles. The van der Waals surface area contributed by atoms with Crippen molar-refractivity contribution in [1.82, 2.24) is 19.7 Å². The van der Waals surface area contributed by atoms with E-state index in [0.717, 1.165) is 23.7 Å². The van der Waals surface area contributed by atoms with Gasteiger partial charge in [-0.15, -0.1) is 0 Å². The fourth-order valence-electron chi connectivity index (χ4n) is 3.51. The zero-order valence-electron chi connectivity index (χ0n) is 14.6. The summed E-state index contributed by atoms with van der Waals surface area (Å²) < 4.78 is 33.1.